The first kappa shape index (κ1) is 16.2. The van der Waals surface area contributed by atoms with Crippen LogP contribution in [0, 0.1) is 0 Å². The van der Waals surface area contributed by atoms with Gasteiger partial charge in [-0.2, -0.15) is 0 Å². The number of aromatic nitrogens is 2. The fourth-order valence-electron chi connectivity index (χ4n) is 2.71. The summed E-state index contributed by atoms with van der Waals surface area (Å²) in [6, 6.07) is 9.01. The molecule has 122 valence electrons. The van der Waals surface area contributed by atoms with Crippen LogP contribution in [-0.2, 0) is 16.0 Å². The van der Waals surface area contributed by atoms with Gasteiger partial charge in [0.2, 0.25) is 0 Å². The molecular formula is C16H17BN4O3. The molecule has 0 saturated carbocycles. The molecule has 2 heterocycles. The summed E-state index contributed by atoms with van der Waals surface area (Å²) in [6.45, 7) is 0.876. The zero-order valence-electron chi connectivity index (χ0n) is 13.2. The summed E-state index contributed by atoms with van der Waals surface area (Å²) in [5.74, 6) is 0.788. The third kappa shape index (κ3) is 3.82. The summed E-state index contributed by atoms with van der Waals surface area (Å²) in [5.41, 5.74) is 0.864. The van der Waals surface area contributed by atoms with E-state index >= 15 is 0 Å². The molecule has 1 aromatic carbocycles. The van der Waals surface area contributed by atoms with Crippen LogP contribution in [0.25, 0.3) is 11.4 Å². The van der Waals surface area contributed by atoms with Crippen molar-refractivity contribution >= 4 is 19.2 Å². The van der Waals surface area contributed by atoms with Gasteiger partial charge < -0.3 is 0 Å². The van der Waals surface area contributed by atoms with Crippen LogP contribution in [-0.4, -0.2) is 46.8 Å². The molecule has 0 radical (unpaired) electrons. The van der Waals surface area contributed by atoms with Crippen LogP contribution in [0.5, 0.6) is 0 Å². The molecule has 8 heteroatoms. The van der Waals surface area contributed by atoms with Crippen molar-refractivity contribution in [2.75, 3.05) is 6.54 Å². The Labute approximate surface area is 140 Å². The van der Waals surface area contributed by atoms with Gasteiger partial charge >= 0.3 is 133 Å². The standard InChI is InChI=1S/C16H17BN4O3/c22-16-13(18-11-17-23)8-4-5-9-21(16)10-14-19-15(20-24-14)12-6-2-1-3-7-12/h1-3,6-7,11,13H,4-5,8-10H2. The molecule has 1 aliphatic heterocycles. The third-order valence-corrected chi connectivity index (χ3v) is 3.91. The van der Waals surface area contributed by atoms with Crippen LogP contribution >= 0.6 is 0 Å². The average molecular weight is 324 g/mol. The van der Waals surface area contributed by atoms with Crippen molar-refractivity contribution in [3.63, 3.8) is 0 Å². The molecule has 1 fully saturated rings. The van der Waals surface area contributed by atoms with Gasteiger partial charge in [0.25, 0.3) is 0 Å². The SMILES string of the molecule is O=BC=NC1CCCCN(Cc2nc(-c3ccccc3)no2)C1=O. The number of amides is 1. The Balaban J connectivity index is 1.72. The van der Waals surface area contributed by atoms with Gasteiger partial charge in [0.05, 0.1) is 0 Å². The number of rotatable bonds is 5. The van der Waals surface area contributed by atoms with E-state index in [1.54, 1.807) is 4.90 Å². The van der Waals surface area contributed by atoms with Gasteiger partial charge in [0.15, 0.2) is 0 Å². The van der Waals surface area contributed by atoms with Crippen LogP contribution in [0.2, 0.25) is 0 Å². The fraction of sp³-hybridized carbons (Fsp3) is 0.375. The second-order valence-corrected chi connectivity index (χ2v) is 5.58. The molecule has 0 spiro atoms. The summed E-state index contributed by atoms with van der Waals surface area (Å²) >= 11 is 0. The average Bonchev–Trinajstić information content (AvgIpc) is 3.01. The first-order valence-electron chi connectivity index (χ1n) is 7.91. The molecule has 0 aliphatic carbocycles. The van der Waals surface area contributed by atoms with Gasteiger partial charge in [-0.3, -0.25) is 0 Å². The first-order chi connectivity index (χ1) is 11.8. The number of benzene rings is 1. The van der Waals surface area contributed by atoms with Crippen LogP contribution in [0.3, 0.4) is 0 Å². The second kappa shape index (κ2) is 7.76. The van der Waals surface area contributed by atoms with E-state index in [-0.39, 0.29) is 12.5 Å². The van der Waals surface area contributed by atoms with Crippen LogP contribution in [0.15, 0.2) is 39.8 Å². The molecule has 1 atom stereocenters. The van der Waals surface area contributed by atoms with E-state index in [0.29, 0.717) is 31.8 Å². The van der Waals surface area contributed by atoms with Crippen molar-refractivity contribution < 1.29 is 14.0 Å². The second-order valence-electron chi connectivity index (χ2n) is 5.58. The van der Waals surface area contributed by atoms with Gasteiger partial charge in [-0.15, -0.1) is 0 Å². The number of aliphatic imine (C=N–C) groups is 1. The van der Waals surface area contributed by atoms with Crippen LogP contribution < -0.4 is 0 Å². The molecular weight excluding hydrogens is 307 g/mol. The monoisotopic (exact) mass is 324 g/mol. The number of hydrogen-bond acceptors (Lipinski definition) is 6. The van der Waals surface area contributed by atoms with Crippen molar-refractivity contribution in [1.82, 2.24) is 15.0 Å². The van der Waals surface area contributed by atoms with Gasteiger partial charge in [-0.25, -0.2) is 0 Å². The Morgan fingerprint density at radius 3 is 2.96 bits per heavy atom. The molecule has 0 N–H and O–H groups in total. The summed E-state index contributed by atoms with van der Waals surface area (Å²) in [4.78, 5) is 22.6. The van der Waals surface area contributed by atoms with Gasteiger partial charge in [0.1, 0.15) is 0 Å². The molecule has 2 aromatic rings. The van der Waals surface area contributed by atoms with Gasteiger partial charge in [-0.1, -0.05) is 6.07 Å². The quantitative estimate of drug-likeness (QED) is 0.617. The van der Waals surface area contributed by atoms with E-state index in [4.69, 9.17) is 4.52 Å². The molecule has 1 amide bonds. The minimum absolute atomic E-state index is 0.106. The van der Waals surface area contributed by atoms with Gasteiger partial charge in [-0.05, 0) is 0 Å². The molecule has 7 nitrogen and oxygen atoms in total. The number of hydrogen-bond donors (Lipinski definition) is 0. The number of carbonyl (C=O) groups is 1. The summed E-state index contributed by atoms with van der Waals surface area (Å²) in [7, 11) is 0.590. The Bertz CT molecular complexity index is 732. The zero-order valence-corrected chi connectivity index (χ0v) is 13.2. The number of likely N-dealkylation sites (tertiary alicyclic amines) is 1. The summed E-state index contributed by atoms with van der Waals surface area (Å²) in [6.07, 6.45) is 3.58. The van der Waals surface area contributed by atoms with Crippen molar-refractivity contribution in [2.45, 2.75) is 31.8 Å². The molecule has 24 heavy (non-hydrogen) atoms. The molecule has 1 saturated heterocycles. The maximum atomic E-state index is 12.5. The fourth-order valence-corrected chi connectivity index (χ4v) is 2.71. The Kier molecular flexibility index (Phi) is 5.25. The first-order valence-corrected chi connectivity index (χ1v) is 7.91. The molecule has 1 aliphatic rings. The third-order valence-electron chi connectivity index (χ3n) is 3.91. The molecule has 0 bridgehead atoms. The Morgan fingerprint density at radius 1 is 1.33 bits per heavy atom. The zero-order chi connectivity index (χ0) is 16.8. The van der Waals surface area contributed by atoms with Crippen LogP contribution in [0.1, 0.15) is 25.2 Å². The van der Waals surface area contributed by atoms with E-state index in [9.17, 15) is 9.50 Å². The van der Waals surface area contributed by atoms with E-state index < -0.39 is 6.04 Å². The predicted molar refractivity (Wildman–Crippen MR) is 87.7 cm³/mol. The Morgan fingerprint density at radius 2 is 2.17 bits per heavy atom. The van der Waals surface area contributed by atoms with Crippen molar-refractivity contribution in [2.24, 2.45) is 4.99 Å². The van der Waals surface area contributed by atoms with E-state index in [1.807, 2.05) is 30.3 Å². The normalized spacial score (nSPS) is 18.6. The summed E-state index contributed by atoms with van der Waals surface area (Å²) < 4.78 is 15.7. The molecule has 1 aromatic heterocycles. The Hall–Kier alpha value is -2.64. The van der Waals surface area contributed by atoms with E-state index in [2.05, 4.69) is 15.1 Å². The molecule has 3 rings (SSSR count). The maximum absolute atomic E-state index is 12.5. The summed E-state index contributed by atoms with van der Waals surface area (Å²) in [5, 5.41) is 3.97. The molecule has 1 unspecified atom stereocenters. The number of carbonyl (C=O) groups excluding carboxylic acids is 1. The topological polar surface area (TPSA) is 88.7 Å². The minimum atomic E-state index is -0.505. The van der Waals surface area contributed by atoms with E-state index in [1.165, 1.54) is 0 Å². The van der Waals surface area contributed by atoms with Gasteiger partial charge in [0, 0.05) is 0 Å². The predicted octanol–water partition coefficient (Wildman–Crippen LogP) is 1.70. The van der Waals surface area contributed by atoms with E-state index in [0.717, 1.165) is 24.5 Å². The van der Waals surface area contributed by atoms with Crippen molar-refractivity contribution in [1.29, 1.82) is 0 Å². The van der Waals surface area contributed by atoms with Crippen LogP contribution in [0.4, 0.5) is 0 Å². The van der Waals surface area contributed by atoms with Crippen molar-refractivity contribution in [3.8, 4) is 11.4 Å². The van der Waals surface area contributed by atoms with Crippen molar-refractivity contribution in [3.05, 3.63) is 36.2 Å². The number of nitrogens with zero attached hydrogens (tertiary/aromatic N) is 4.